The first-order valence-electron chi connectivity index (χ1n) is 6.30. The molecule has 2 rings (SSSR count). The van der Waals surface area contributed by atoms with Crippen molar-refractivity contribution >= 4 is 11.8 Å². The van der Waals surface area contributed by atoms with Crippen molar-refractivity contribution in [3.8, 4) is 0 Å². The molecular formula is C13H19F2N3S. The van der Waals surface area contributed by atoms with E-state index in [1.54, 1.807) is 0 Å². The Morgan fingerprint density at radius 1 is 1.47 bits per heavy atom. The van der Waals surface area contributed by atoms with E-state index < -0.39 is 11.6 Å². The van der Waals surface area contributed by atoms with Gasteiger partial charge in [0.25, 0.3) is 0 Å². The fourth-order valence-corrected chi connectivity index (χ4v) is 3.69. The molecule has 1 saturated heterocycles. The lowest BCUT2D eigenvalue weighted by Crippen LogP contribution is -2.55. The van der Waals surface area contributed by atoms with E-state index >= 15 is 0 Å². The Kier molecular flexibility index (Phi) is 5.15. The molecule has 3 nitrogen and oxygen atoms in total. The van der Waals surface area contributed by atoms with Gasteiger partial charge in [0.2, 0.25) is 0 Å². The summed E-state index contributed by atoms with van der Waals surface area (Å²) in [5.74, 6) is 6.57. The lowest BCUT2D eigenvalue weighted by Gasteiger charge is -2.37. The first kappa shape index (κ1) is 14.7. The molecule has 0 saturated carbocycles. The van der Waals surface area contributed by atoms with Crippen LogP contribution in [0.4, 0.5) is 8.78 Å². The summed E-state index contributed by atoms with van der Waals surface area (Å²) in [6.45, 7) is 0.966. The fraction of sp³-hybridized carbons (Fsp3) is 0.538. The molecule has 0 amide bonds. The van der Waals surface area contributed by atoms with E-state index in [-0.39, 0.29) is 24.1 Å². The van der Waals surface area contributed by atoms with Gasteiger partial charge in [0.1, 0.15) is 11.6 Å². The molecule has 0 bridgehead atoms. The molecular weight excluding hydrogens is 268 g/mol. The standard InChI is InChI=1S/C13H19F2N3S/c1-18-5-6-19-8-13(18)12(17-16)7-9-10(14)3-2-4-11(9)15/h2-4,12-13,17H,5-8,16H2,1H3. The summed E-state index contributed by atoms with van der Waals surface area (Å²) in [5, 5.41) is 0. The zero-order valence-electron chi connectivity index (χ0n) is 10.9. The van der Waals surface area contributed by atoms with Gasteiger partial charge < -0.3 is 4.90 Å². The van der Waals surface area contributed by atoms with Gasteiger partial charge in [-0.3, -0.25) is 11.3 Å². The lowest BCUT2D eigenvalue weighted by atomic mass is 9.99. The van der Waals surface area contributed by atoms with Crippen LogP contribution in [0.25, 0.3) is 0 Å². The number of benzene rings is 1. The summed E-state index contributed by atoms with van der Waals surface area (Å²) in [4.78, 5) is 2.19. The summed E-state index contributed by atoms with van der Waals surface area (Å²) in [6.07, 6.45) is 0.255. The third kappa shape index (κ3) is 3.45. The van der Waals surface area contributed by atoms with Gasteiger partial charge in [-0.1, -0.05) is 6.07 Å². The number of nitrogens with two attached hydrogens (primary N) is 1. The van der Waals surface area contributed by atoms with Crippen LogP contribution < -0.4 is 11.3 Å². The van der Waals surface area contributed by atoms with Crippen molar-refractivity contribution in [2.75, 3.05) is 25.1 Å². The van der Waals surface area contributed by atoms with E-state index in [1.807, 2.05) is 18.8 Å². The number of nitrogens with one attached hydrogen (secondary N) is 1. The first-order chi connectivity index (χ1) is 9.13. The number of nitrogens with zero attached hydrogens (tertiary/aromatic N) is 1. The van der Waals surface area contributed by atoms with E-state index in [9.17, 15) is 8.78 Å². The molecule has 3 N–H and O–H groups in total. The molecule has 0 spiro atoms. The van der Waals surface area contributed by atoms with Crippen LogP contribution in [-0.2, 0) is 6.42 Å². The average molecular weight is 287 g/mol. The van der Waals surface area contributed by atoms with E-state index in [0.717, 1.165) is 18.1 Å². The molecule has 19 heavy (non-hydrogen) atoms. The highest BCUT2D eigenvalue weighted by Gasteiger charge is 2.28. The maximum atomic E-state index is 13.7. The highest BCUT2D eigenvalue weighted by Crippen LogP contribution is 2.21. The van der Waals surface area contributed by atoms with Crippen molar-refractivity contribution in [1.29, 1.82) is 0 Å². The predicted octanol–water partition coefficient (Wildman–Crippen LogP) is 1.39. The molecule has 106 valence electrons. The van der Waals surface area contributed by atoms with E-state index in [0.29, 0.717) is 0 Å². The Hall–Kier alpha value is -0.690. The molecule has 1 aromatic rings. The Morgan fingerprint density at radius 3 is 2.74 bits per heavy atom. The molecule has 2 unspecified atom stereocenters. The van der Waals surface area contributed by atoms with E-state index in [4.69, 9.17) is 5.84 Å². The number of halogens is 2. The SMILES string of the molecule is CN1CCSCC1C(Cc1c(F)cccc1F)NN. The van der Waals surface area contributed by atoms with Gasteiger partial charge >= 0.3 is 0 Å². The van der Waals surface area contributed by atoms with Crippen molar-refractivity contribution in [1.82, 2.24) is 10.3 Å². The Labute approximate surface area is 116 Å². The molecule has 0 aliphatic carbocycles. The van der Waals surface area contributed by atoms with Crippen LogP contribution in [0.2, 0.25) is 0 Å². The number of hydrogen-bond donors (Lipinski definition) is 2. The maximum Gasteiger partial charge on any atom is 0.129 e. The summed E-state index contributed by atoms with van der Waals surface area (Å²) >= 11 is 1.84. The Bertz CT molecular complexity index is 410. The summed E-state index contributed by atoms with van der Waals surface area (Å²) in [7, 11) is 2.02. The number of hydrazine groups is 1. The molecule has 0 aromatic heterocycles. The van der Waals surface area contributed by atoms with Crippen LogP contribution in [0.1, 0.15) is 5.56 Å². The normalized spacial score (nSPS) is 22.4. The van der Waals surface area contributed by atoms with Crippen molar-refractivity contribution in [3.05, 3.63) is 35.4 Å². The van der Waals surface area contributed by atoms with Crippen molar-refractivity contribution < 1.29 is 8.78 Å². The van der Waals surface area contributed by atoms with Crippen LogP contribution in [0.5, 0.6) is 0 Å². The molecule has 1 aromatic carbocycles. The van der Waals surface area contributed by atoms with Gasteiger partial charge in [0, 0.05) is 35.7 Å². The zero-order valence-corrected chi connectivity index (χ0v) is 11.7. The quantitative estimate of drug-likeness (QED) is 0.648. The van der Waals surface area contributed by atoms with Gasteiger partial charge in [0.05, 0.1) is 0 Å². The van der Waals surface area contributed by atoms with Gasteiger partial charge in [-0.15, -0.1) is 0 Å². The number of likely N-dealkylation sites (N-methyl/N-ethyl adjacent to an activating group) is 1. The van der Waals surface area contributed by atoms with Crippen LogP contribution in [0.3, 0.4) is 0 Å². The summed E-state index contributed by atoms with van der Waals surface area (Å²) in [6, 6.07) is 3.96. The summed E-state index contributed by atoms with van der Waals surface area (Å²) < 4.78 is 27.4. The van der Waals surface area contributed by atoms with Crippen LogP contribution in [0, 0.1) is 11.6 Å². The largest absolute Gasteiger partial charge is 0.300 e. The molecule has 1 fully saturated rings. The van der Waals surface area contributed by atoms with Gasteiger partial charge in [0.15, 0.2) is 0 Å². The summed E-state index contributed by atoms with van der Waals surface area (Å²) in [5.41, 5.74) is 2.82. The number of rotatable bonds is 4. The topological polar surface area (TPSA) is 41.3 Å². The zero-order chi connectivity index (χ0) is 13.8. The van der Waals surface area contributed by atoms with Crippen molar-refractivity contribution in [2.45, 2.75) is 18.5 Å². The third-order valence-corrected chi connectivity index (χ3v) is 4.66. The average Bonchev–Trinajstić information content (AvgIpc) is 2.40. The Morgan fingerprint density at radius 2 is 2.16 bits per heavy atom. The van der Waals surface area contributed by atoms with Gasteiger partial charge in [-0.2, -0.15) is 11.8 Å². The molecule has 1 aliphatic heterocycles. The molecule has 1 aliphatic rings. The van der Waals surface area contributed by atoms with E-state index in [2.05, 4.69) is 10.3 Å². The predicted molar refractivity (Wildman–Crippen MR) is 74.9 cm³/mol. The lowest BCUT2D eigenvalue weighted by molar-refractivity contribution is 0.212. The second-order valence-electron chi connectivity index (χ2n) is 4.80. The third-order valence-electron chi connectivity index (χ3n) is 3.61. The monoisotopic (exact) mass is 287 g/mol. The highest BCUT2D eigenvalue weighted by atomic mass is 32.2. The number of hydrogen-bond acceptors (Lipinski definition) is 4. The molecule has 0 radical (unpaired) electrons. The molecule has 2 atom stereocenters. The van der Waals surface area contributed by atoms with Gasteiger partial charge in [-0.25, -0.2) is 8.78 Å². The van der Waals surface area contributed by atoms with Crippen molar-refractivity contribution in [3.63, 3.8) is 0 Å². The van der Waals surface area contributed by atoms with Crippen LogP contribution in [-0.4, -0.2) is 42.1 Å². The fourth-order valence-electron chi connectivity index (χ4n) is 2.38. The second kappa shape index (κ2) is 6.65. The van der Waals surface area contributed by atoms with Crippen molar-refractivity contribution in [2.24, 2.45) is 5.84 Å². The second-order valence-corrected chi connectivity index (χ2v) is 5.95. The first-order valence-corrected chi connectivity index (χ1v) is 7.46. The minimum Gasteiger partial charge on any atom is -0.300 e. The van der Waals surface area contributed by atoms with Gasteiger partial charge in [-0.05, 0) is 25.6 Å². The Balaban J connectivity index is 2.14. The minimum atomic E-state index is -0.508. The number of thioether (sulfide) groups is 1. The van der Waals surface area contributed by atoms with E-state index in [1.165, 1.54) is 18.2 Å². The molecule has 6 heteroatoms. The van der Waals surface area contributed by atoms with Crippen LogP contribution in [0.15, 0.2) is 18.2 Å². The smallest absolute Gasteiger partial charge is 0.129 e. The highest BCUT2D eigenvalue weighted by molar-refractivity contribution is 7.99. The maximum absolute atomic E-state index is 13.7. The molecule has 1 heterocycles. The minimum absolute atomic E-state index is 0.106. The van der Waals surface area contributed by atoms with Crippen LogP contribution >= 0.6 is 11.8 Å².